The first kappa shape index (κ1) is 14.2. The SMILES string of the molecule is Cc1cccc(NS(=O)(=O)c2c[nH]c(CNC3CC3)c2)c1. The van der Waals surface area contributed by atoms with Gasteiger partial charge in [0.2, 0.25) is 0 Å². The van der Waals surface area contributed by atoms with Crippen molar-refractivity contribution in [2.75, 3.05) is 4.72 Å². The number of aryl methyl sites for hydroxylation is 1. The second kappa shape index (κ2) is 5.54. The summed E-state index contributed by atoms with van der Waals surface area (Å²) in [7, 11) is -3.54. The van der Waals surface area contributed by atoms with Gasteiger partial charge in [-0.15, -0.1) is 0 Å². The Hall–Kier alpha value is -1.79. The second-order valence-corrected chi connectivity index (χ2v) is 7.17. The molecular weight excluding hydrogens is 286 g/mol. The van der Waals surface area contributed by atoms with E-state index >= 15 is 0 Å². The van der Waals surface area contributed by atoms with Gasteiger partial charge in [0.15, 0.2) is 0 Å². The van der Waals surface area contributed by atoms with Crippen LogP contribution < -0.4 is 10.0 Å². The van der Waals surface area contributed by atoms with Gasteiger partial charge in [-0.25, -0.2) is 8.42 Å². The van der Waals surface area contributed by atoms with E-state index in [1.54, 1.807) is 18.2 Å². The molecule has 0 bridgehead atoms. The molecule has 0 saturated heterocycles. The van der Waals surface area contributed by atoms with E-state index in [1.165, 1.54) is 19.0 Å². The number of aromatic nitrogens is 1. The first-order valence-electron chi connectivity index (χ1n) is 7.03. The fourth-order valence-electron chi connectivity index (χ4n) is 2.14. The topological polar surface area (TPSA) is 74.0 Å². The van der Waals surface area contributed by atoms with Gasteiger partial charge in [0, 0.05) is 30.2 Å². The Labute approximate surface area is 124 Å². The molecular formula is C15H19N3O2S. The Kier molecular flexibility index (Phi) is 3.73. The third-order valence-electron chi connectivity index (χ3n) is 3.46. The molecule has 0 atom stereocenters. The maximum Gasteiger partial charge on any atom is 0.263 e. The summed E-state index contributed by atoms with van der Waals surface area (Å²) >= 11 is 0. The summed E-state index contributed by atoms with van der Waals surface area (Å²) in [6.07, 6.45) is 3.95. The van der Waals surface area contributed by atoms with Crippen LogP contribution in [0.15, 0.2) is 41.4 Å². The number of sulfonamides is 1. The van der Waals surface area contributed by atoms with Crippen LogP contribution in [-0.2, 0) is 16.6 Å². The van der Waals surface area contributed by atoms with Crippen molar-refractivity contribution < 1.29 is 8.42 Å². The highest BCUT2D eigenvalue weighted by atomic mass is 32.2. The normalized spacial score (nSPS) is 15.1. The minimum atomic E-state index is -3.54. The second-order valence-electron chi connectivity index (χ2n) is 5.49. The summed E-state index contributed by atoms with van der Waals surface area (Å²) in [4.78, 5) is 3.27. The molecule has 21 heavy (non-hydrogen) atoms. The van der Waals surface area contributed by atoms with Crippen LogP contribution in [0.2, 0.25) is 0 Å². The average Bonchev–Trinajstić information content (AvgIpc) is 3.12. The zero-order chi connectivity index (χ0) is 14.9. The van der Waals surface area contributed by atoms with Crippen molar-refractivity contribution >= 4 is 15.7 Å². The number of nitrogens with one attached hydrogen (secondary N) is 3. The summed E-state index contributed by atoms with van der Waals surface area (Å²) in [5, 5.41) is 3.35. The molecule has 0 spiro atoms. The van der Waals surface area contributed by atoms with Crippen LogP contribution in [0, 0.1) is 6.92 Å². The predicted molar refractivity (Wildman–Crippen MR) is 82.6 cm³/mol. The standard InChI is InChI=1S/C15H19N3O2S/c1-11-3-2-4-13(7-11)18-21(19,20)15-8-14(17-10-15)9-16-12-5-6-12/h2-4,7-8,10,12,16-18H,5-6,9H2,1H3. The number of anilines is 1. The van der Waals surface area contributed by atoms with Crippen molar-refractivity contribution in [2.45, 2.75) is 37.2 Å². The molecule has 0 unspecified atom stereocenters. The smallest absolute Gasteiger partial charge is 0.263 e. The number of rotatable bonds is 6. The number of hydrogen-bond acceptors (Lipinski definition) is 3. The Morgan fingerprint density at radius 2 is 2.10 bits per heavy atom. The minimum Gasteiger partial charge on any atom is -0.363 e. The van der Waals surface area contributed by atoms with E-state index in [0.29, 0.717) is 18.3 Å². The summed E-state index contributed by atoms with van der Waals surface area (Å²) in [5.74, 6) is 0. The molecule has 1 aliphatic rings. The van der Waals surface area contributed by atoms with Crippen LogP contribution in [-0.4, -0.2) is 19.4 Å². The van der Waals surface area contributed by atoms with Crippen molar-refractivity contribution in [3.8, 4) is 0 Å². The van der Waals surface area contributed by atoms with E-state index < -0.39 is 10.0 Å². The third-order valence-corrected chi connectivity index (χ3v) is 4.82. The van der Waals surface area contributed by atoms with Gasteiger partial charge in [-0.05, 0) is 43.5 Å². The van der Waals surface area contributed by atoms with Crippen LogP contribution in [0.4, 0.5) is 5.69 Å². The fourth-order valence-corrected chi connectivity index (χ4v) is 3.21. The van der Waals surface area contributed by atoms with Gasteiger partial charge in [0.25, 0.3) is 10.0 Å². The Balaban J connectivity index is 1.71. The van der Waals surface area contributed by atoms with Gasteiger partial charge in [0.05, 0.1) is 0 Å². The van der Waals surface area contributed by atoms with E-state index in [4.69, 9.17) is 0 Å². The van der Waals surface area contributed by atoms with Gasteiger partial charge >= 0.3 is 0 Å². The lowest BCUT2D eigenvalue weighted by molar-refractivity contribution is 0.601. The van der Waals surface area contributed by atoms with Gasteiger partial charge in [-0.2, -0.15) is 0 Å². The van der Waals surface area contributed by atoms with Crippen LogP contribution in [0.1, 0.15) is 24.1 Å². The minimum absolute atomic E-state index is 0.261. The summed E-state index contributed by atoms with van der Waals surface area (Å²) < 4.78 is 27.2. The molecule has 2 aromatic rings. The molecule has 0 aliphatic heterocycles. The summed E-state index contributed by atoms with van der Waals surface area (Å²) in [5.41, 5.74) is 2.47. The van der Waals surface area contributed by atoms with Gasteiger partial charge in [0.1, 0.15) is 4.90 Å². The number of aromatic amines is 1. The van der Waals surface area contributed by atoms with Crippen LogP contribution in [0.25, 0.3) is 0 Å². The Morgan fingerprint density at radius 3 is 2.81 bits per heavy atom. The van der Waals surface area contributed by atoms with Gasteiger partial charge < -0.3 is 10.3 Å². The molecule has 1 heterocycles. The molecule has 1 fully saturated rings. The van der Waals surface area contributed by atoms with Crippen LogP contribution >= 0.6 is 0 Å². The van der Waals surface area contributed by atoms with Crippen LogP contribution in [0.5, 0.6) is 0 Å². The first-order chi connectivity index (χ1) is 10.0. The van der Waals surface area contributed by atoms with Crippen molar-refractivity contribution in [1.82, 2.24) is 10.3 Å². The highest BCUT2D eigenvalue weighted by molar-refractivity contribution is 7.92. The fraction of sp³-hybridized carbons (Fsp3) is 0.333. The molecule has 112 valence electrons. The lowest BCUT2D eigenvalue weighted by Crippen LogP contribution is -2.15. The molecule has 6 heteroatoms. The predicted octanol–water partition coefficient (Wildman–Crippen LogP) is 2.38. The maximum atomic E-state index is 12.3. The van der Waals surface area contributed by atoms with Crippen LogP contribution in [0.3, 0.4) is 0 Å². The van der Waals surface area contributed by atoms with E-state index in [1.807, 2.05) is 19.1 Å². The zero-order valence-electron chi connectivity index (χ0n) is 11.9. The molecule has 0 radical (unpaired) electrons. The molecule has 1 aromatic heterocycles. The van der Waals surface area contributed by atoms with Crippen molar-refractivity contribution in [2.24, 2.45) is 0 Å². The molecule has 1 aromatic carbocycles. The molecule has 5 nitrogen and oxygen atoms in total. The molecule has 1 aliphatic carbocycles. The van der Waals surface area contributed by atoms with Crippen molar-refractivity contribution in [3.05, 3.63) is 47.8 Å². The molecule has 3 N–H and O–H groups in total. The number of H-pyrrole nitrogens is 1. The number of benzene rings is 1. The Morgan fingerprint density at radius 1 is 1.29 bits per heavy atom. The van der Waals surface area contributed by atoms with E-state index in [9.17, 15) is 8.42 Å². The largest absolute Gasteiger partial charge is 0.363 e. The van der Waals surface area contributed by atoms with Gasteiger partial charge in [-0.3, -0.25) is 4.72 Å². The molecule has 1 saturated carbocycles. The first-order valence-corrected chi connectivity index (χ1v) is 8.51. The summed E-state index contributed by atoms with van der Waals surface area (Å²) in [6.45, 7) is 2.60. The van der Waals surface area contributed by atoms with Crippen molar-refractivity contribution in [1.29, 1.82) is 0 Å². The third kappa shape index (κ3) is 3.65. The number of hydrogen-bond donors (Lipinski definition) is 3. The lowest BCUT2D eigenvalue weighted by atomic mass is 10.2. The highest BCUT2D eigenvalue weighted by Crippen LogP contribution is 2.20. The monoisotopic (exact) mass is 305 g/mol. The van der Waals surface area contributed by atoms with E-state index in [0.717, 1.165) is 11.3 Å². The zero-order valence-corrected chi connectivity index (χ0v) is 12.7. The maximum absolute atomic E-state index is 12.3. The van der Waals surface area contributed by atoms with E-state index in [-0.39, 0.29) is 4.90 Å². The quantitative estimate of drug-likeness (QED) is 0.767. The van der Waals surface area contributed by atoms with Crippen molar-refractivity contribution in [3.63, 3.8) is 0 Å². The summed E-state index contributed by atoms with van der Waals surface area (Å²) in [6, 6.07) is 9.57. The Bertz CT molecular complexity index is 733. The van der Waals surface area contributed by atoms with E-state index in [2.05, 4.69) is 15.0 Å². The van der Waals surface area contributed by atoms with Gasteiger partial charge in [-0.1, -0.05) is 12.1 Å². The molecule has 3 rings (SSSR count). The lowest BCUT2D eigenvalue weighted by Gasteiger charge is -2.06. The highest BCUT2D eigenvalue weighted by Gasteiger charge is 2.21. The average molecular weight is 305 g/mol. The molecule has 0 amide bonds.